The van der Waals surface area contributed by atoms with Crippen molar-refractivity contribution in [1.29, 1.82) is 0 Å². The molecule has 24 heavy (non-hydrogen) atoms. The summed E-state index contributed by atoms with van der Waals surface area (Å²) in [5, 5.41) is 6.34. The SMILES string of the molecule is CCCCCCCCCCCCCCCCNC(=O)[C@@H]1CCNC1. The summed E-state index contributed by atoms with van der Waals surface area (Å²) in [6, 6.07) is 0. The number of hydrogen-bond donors (Lipinski definition) is 2. The summed E-state index contributed by atoms with van der Waals surface area (Å²) >= 11 is 0. The molecular formula is C21H42N2O. The Morgan fingerprint density at radius 1 is 0.833 bits per heavy atom. The van der Waals surface area contributed by atoms with E-state index in [1.54, 1.807) is 0 Å². The zero-order valence-corrected chi connectivity index (χ0v) is 16.2. The molecule has 1 aliphatic heterocycles. The van der Waals surface area contributed by atoms with Gasteiger partial charge in [-0.25, -0.2) is 0 Å². The van der Waals surface area contributed by atoms with Crippen molar-refractivity contribution in [3.63, 3.8) is 0 Å². The molecular weight excluding hydrogens is 296 g/mol. The first-order chi connectivity index (χ1) is 11.8. The van der Waals surface area contributed by atoms with Crippen molar-refractivity contribution < 1.29 is 4.79 Å². The lowest BCUT2D eigenvalue weighted by atomic mass is 10.0. The zero-order valence-electron chi connectivity index (χ0n) is 16.2. The van der Waals surface area contributed by atoms with Crippen LogP contribution in [0, 0.1) is 5.92 Å². The van der Waals surface area contributed by atoms with E-state index >= 15 is 0 Å². The fourth-order valence-electron chi connectivity index (χ4n) is 3.55. The Labute approximate surface area is 150 Å². The van der Waals surface area contributed by atoms with Gasteiger partial charge in [0.1, 0.15) is 0 Å². The maximum Gasteiger partial charge on any atom is 0.224 e. The van der Waals surface area contributed by atoms with Crippen LogP contribution in [0.25, 0.3) is 0 Å². The number of rotatable bonds is 16. The fourth-order valence-corrected chi connectivity index (χ4v) is 3.55. The Kier molecular flexibility index (Phi) is 14.3. The number of nitrogens with one attached hydrogen (secondary N) is 2. The van der Waals surface area contributed by atoms with Crippen LogP contribution in [0.2, 0.25) is 0 Å². The fraction of sp³-hybridized carbons (Fsp3) is 0.952. The van der Waals surface area contributed by atoms with Gasteiger partial charge in [-0.1, -0.05) is 90.4 Å². The highest BCUT2D eigenvalue weighted by atomic mass is 16.1. The van der Waals surface area contributed by atoms with Crippen LogP contribution in [0.3, 0.4) is 0 Å². The van der Waals surface area contributed by atoms with Crippen LogP contribution in [-0.2, 0) is 4.79 Å². The zero-order chi connectivity index (χ0) is 17.3. The summed E-state index contributed by atoms with van der Waals surface area (Å²) in [5.74, 6) is 0.478. The molecule has 3 nitrogen and oxygen atoms in total. The van der Waals surface area contributed by atoms with Gasteiger partial charge in [0.15, 0.2) is 0 Å². The average Bonchev–Trinajstić information content (AvgIpc) is 3.13. The van der Waals surface area contributed by atoms with E-state index in [0.717, 1.165) is 32.5 Å². The van der Waals surface area contributed by atoms with Crippen LogP contribution in [0.15, 0.2) is 0 Å². The molecule has 0 aromatic rings. The van der Waals surface area contributed by atoms with E-state index in [4.69, 9.17) is 0 Å². The highest BCUT2D eigenvalue weighted by Crippen LogP contribution is 2.13. The molecule has 2 N–H and O–H groups in total. The first-order valence-electron chi connectivity index (χ1n) is 10.8. The molecule has 0 aliphatic carbocycles. The van der Waals surface area contributed by atoms with E-state index in [1.165, 1.54) is 83.5 Å². The lowest BCUT2D eigenvalue weighted by molar-refractivity contribution is -0.124. The minimum atomic E-state index is 0.219. The highest BCUT2D eigenvalue weighted by Gasteiger charge is 2.21. The molecule has 1 fully saturated rings. The molecule has 1 amide bonds. The summed E-state index contributed by atoms with van der Waals surface area (Å²) in [4.78, 5) is 11.8. The Morgan fingerprint density at radius 3 is 1.79 bits per heavy atom. The van der Waals surface area contributed by atoms with Crippen LogP contribution in [0.5, 0.6) is 0 Å². The van der Waals surface area contributed by atoms with Gasteiger partial charge in [0.2, 0.25) is 5.91 Å². The van der Waals surface area contributed by atoms with E-state index in [2.05, 4.69) is 17.6 Å². The van der Waals surface area contributed by atoms with Gasteiger partial charge in [-0.15, -0.1) is 0 Å². The maximum atomic E-state index is 11.8. The van der Waals surface area contributed by atoms with Gasteiger partial charge in [0.05, 0.1) is 5.92 Å². The molecule has 0 bridgehead atoms. The molecule has 1 atom stereocenters. The molecule has 1 rings (SSSR count). The number of unbranched alkanes of at least 4 members (excludes halogenated alkanes) is 13. The lowest BCUT2D eigenvalue weighted by Gasteiger charge is -2.09. The number of carbonyl (C=O) groups excluding carboxylic acids is 1. The molecule has 1 heterocycles. The van der Waals surface area contributed by atoms with Crippen molar-refractivity contribution >= 4 is 5.91 Å². The van der Waals surface area contributed by atoms with Gasteiger partial charge in [-0.3, -0.25) is 4.79 Å². The van der Waals surface area contributed by atoms with Crippen LogP contribution >= 0.6 is 0 Å². The van der Waals surface area contributed by atoms with Crippen molar-refractivity contribution in [3.05, 3.63) is 0 Å². The van der Waals surface area contributed by atoms with Crippen molar-refractivity contribution in [2.24, 2.45) is 5.92 Å². The van der Waals surface area contributed by atoms with Crippen LogP contribution in [0.1, 0.15) is 103 Å². The number of amides is 1. The molecule has 0 radical (unpaired) electrons. The van der Waals surface area contributed by atoms with Gasteiger partial charge in [-0.05, 0) is 19.4 Å². The third kappa shape index (κ3) is 11.9. The minimum absolute atomic E-state index is 0.219. The smallest absolute Gasteiger partial charge is 0.224 e. The molecule has 3 heteroatoms. The third-order valence-electron chi connectivity index (χ3n) is 5.26. The largest absolute Gasteiger partial charge is 0.356 e. The summed E-state index contributed by atoms with van der Waals surface area (Å²) in [5.41, 5.74) is 0. The topological polar surface area (TPSA) is 41.1 Å². The monoisotopic (exact) mass is 338 g/mol. The van der Waals surface area contributed by atoms with Gasteiger partial charge in [0, 0.05) is 13.1 Å². The Balaban J connectivity index is 1.71. The lowest BCUT2D eigenvalue weighted by Crippen LogP contribution is -2.32. The second kappa shape index (κ2) is 15.9. The molecule has 142 valence electrons. The van der Waals surface area contributed by atoms with Gasteiger partial charge in [-0.2, -0.15) is 0 Å². The van der Waals surface area contributed by atoms with E-state index < -0.39 is 0 Å². The predicted molar refractivity (Wildman–Crippen MR) is 104 cm³/mol. The Hall–Kier alpha value is -0.570. The van der Waals surface area contributed by atoms with Gasteiger partial charge >= 0.3 is 0 Å². The van der Waals surface area contributed by atoms with Gasteiger partial charge in [0.25, 0.3) is 0 Å². The van der Waals surface area contributed by atoms with Crippen molar-refractivity contribution in [3.8, 4) is 0 Å². The summed E-state index contributed by atoms with van der Waals surface area (Å²) in [6.45, 7) is 5.01. The number of carbonyl (C=O) groups is 1. The molecule has 1 saturated heterocycles. The summed E-state index contributed by atoms with van der Waals surface area (Å²) in [6.07, 6.45) is 20.3. The van der Waals surface area contributed by atoms with Crippen molar-refractivity contribution in [1.82, 2.24) is 10.6 Å². The molecule has 0 unspecified atom stereocenters. The second-order valence-electron chi connectivity index (χ2n) is 7.58. The van der Waals surface area contributed by atoms with E-state index in [9.17, 15) is 4.79 Å². The van der Waals surface area contributed by atoms with Crippen LogP contribution in [-0.4, -0.2) is 25.5 Å². The normalized spacial score (nSPS) is 17.3. The first kappa shape index (κ1) is 21.5. The number of hydrogen-bond acceptors (Lipinski definition) is 2. The Bertz CT molecular complexity index is 288. The van der Waals surface area contributed by atoms with Gasteiger partial charge < -0.3 is 10.6 Å². The molecule has 0 saturated carbocycles. The van der Waals surface area contributed by atoms with E-state index in [-0.39, 0.29) is 11.8 Å². The Morgan fingerprint density at radius 2 is 1.33 bits per heavy atom. The predicted octanol–water partition coefficient (Wildman–Crippen LogP) is 5.19. The van der Waals surface area contributed by atoms with Crippen LogP contribution in [0.4, 0.5) is 0 Å². The highest BCUT2D eigenvalue weighted by molar-refractivity contribution is 5.79. The molecule has 0 aromatic heterocycles. The third-order valence-corrected chi connectivity index (χ3v) is 5.26. The van der Waals surface area contributed by atoms with Crippen LogP contribution < -0.4 is 10.6 Å². The molecule has 0 spiro atoms. The van der Waals surface area contributed by atoms with E-state index in [0.29, 0.717) is 0 Å². The minimum Gasteiger partial charge on any atom is -0.356 e. The quantitative estimate of drug-likeness (QED) is 0.380. The second-order valence-corrected chi connectivity index (χ2v) is 7.58. The van der Waals surface area contributed by atoms with Crippen molar-refractivity contribution in [2.45, 2.75) is 103 Å². The first-order valence-corrected chi connectivity index (χ1v) is 10.8. The summed E-state index contributed by atoms with van der Waals surface area (Å²) in [7, 11) is 0. The standard InChI is InChI=1S/C21H42N2O/c1-2-3-4-5-6-7-8-9-10-11-12-13-14-15-17-23-21(24)20-16-18-22-19-20/h20,22H,2-19H2,1H3,(H,23,24)/t20-/m1/s1. The molecule has 1 aliphatic rings. The summed E-state index contributed by atoms with van der Waals surface area (Å²) < 4.78 is 0. The molecule has 0 aromatic carbocycles. The average molecular weight is 339 g/mol. The van der Waals surface area contributed by atoms with Crippen molar-refractivity contribution in [2.75, 3.05) is 19.6 Å². The maximum absolute atomic E-state index is 11.8. The van der Waals surface area contributed by atoms with E-state index in [1.807, 2.05) is 0 Å².